The van der Waals surface area contributed by atoms with Gasteiger partial charge in [0.2, 0.25) is 5.91 Å². The molecule has 3 rings (SSSR count). The van der Waals surface area contributed by atoms with E-state index in [0.29, 0.717) is 5.02 Å². The lowest BCUT2D eigenvalue weighted by atomic mass is 10.0. The molecular formula is C17H20ClN3OS. The van der Waals surface area contributed by atoms with E-state index < -0.39 is 0 Å². The second-order valence-corrected chi connectivity index (χ2v) is 7.08. The van der Waals surface area contributed by atoms with Crippen molar-refractivity contribution in [2.24, 2.45) is 5.92 Å². The standard InChI is InChI=1S/C17H20ClN3OS/c1-3-11(4-2)17(22)19-16-14-9-23-10-15(14)20-21(16)13-7-5-12(18)6-8-13/h5-8,11H,3-4,9-10H2,1-2H3,(H,19,22). The number of fused-ring (bicyclic) bond motifs is 1. The van der Waals surface area contributed by atoms with Crippen molar-refractivity contribution in [3.05, 3.63) is 40.5 Å². The Morgan fingerprint density at radius 3 is 2.65 bits per heavy atom. The first-order chi connectivity index (χ1) is 11.1. The van der Waals surface area contributed by atoms with Crippen LogP contribution in [0.3, 0.4) is 0 Å². The predicted molar refractivity (Wildman–Crippen MR) is 96.3 cm³/mol. The molecule has 0 saturated carbocycles. The summed E-state index contributed by atoms with van der Waals surface area (Å²) < 4.78 is 1.83. The number of halogens is 1. The minimum Gasteiger partial charge on any atom is -0.310 e. The Morgan fingerprint density at radius 2 is 2.00 bits per heavy atom. The summed E-state index contributed by atoms with van der Waals surface area (Å²) in [5.41, 5.74) is 3.11. The predicted octanol–water partition coefficient (Wildman–Crippen LogP) is 4.65. The van der Waals surface area contributed by atoms with Crippen LogP contribution < -0.4 is 5.32 Å². The maximum absolute atomic E-state index is 12.5. The molecule has 1 aromatic heterocycles. The molecule has 0 bridgehead atoms. The van der Waals surface area contributed by atoms with Crippen LogP contribution in [0.1, 0.15) is 37.9 Å². The lowest BCUT2D eigenvalue weighted by Crippen LogP contribution is -2.23. The maximum Gasteiger partial charge on any atom is 0.228 e. The normalized spacial score (nSPS) is 13.4. The van der Waals surface area contributed by atoms with Gasteiger partial charge in [-0.2, -0.15) is 16.9 Å². The molecule has 0 fully saturated rings. The molecule has 0 atom stereocenters. The van der Waals surface area contributed by atoms with Gasteiger partial charge >= 0.3 is 0 Å². The molecule has 6 heteroatoms. The fourth-order valence-corrected chi connectivity index (χ4v) is 3.95. The third-order valence-corrected chi connectivity index (χ3v) is 5.44. The van der Waals surface area contributed by atoms with Gasteiger partial charge < -0.3 is 5.32 Å². The second kappa shape index (κ2) is 6.97. The van der Waals surface area contributed by atoms with Crippen LogP contribution in [0.5, 0.6) is 0 Å². The fraction of sp³-hybridized carbons (Fsp3) is 0.412. The topological polar surface area (TPSA) is 46.9 Å². The van der Waals surface area contributed by atoms with E-state index in [-0.39, 0.29) is 11.8 Å². The molecule has 1 aromatic carbocycles. The third kappa shape index (κ3) is 3.26. The van der Waals surface area contributed by atoms with E-state index in [2.05, 4.69) is 5.32 Å². The van der Waals surface area contributed by atoms with Crippen LogP contribution in [-0.4, -0.2) is 15.7 Å². The number of amides is 1. The summed E-state index contributed by atoms with van der Waals surface area (Å²) in [4.78, 5) is 12.5. The highest BCUT2D eigenvalue weighted by Crippen LogP contribution is 2.36. The van der Waals surface area contributed by atoms with Crippen LogP contribution in [0.2, 0.25) is 5.02 Å². The van der Waals surface area contributed by atoms with E-state index in [9.17, 15) is 4.79 Å². The molecule has 2 heterocycles. The molecule has 2 aromatic rings. The van der Waals surface area contributed by atoms with Gasteiger partial charge in [0.15, 0.2) is 0 Å². The average molecular weight is 350 g/mol. The smallest absolute Gasteiger partial charge is 0.228 e. The fourth-order valence-electron chi connectivity index (χ4n) is 2.79. The lowest BCUT2D eigenvalue weighted by Gasteiger charge is -2.15. The number of hydrogen-bond acceptors (Lipinski definition) is 3. The van der Waals surface area contributed by atoms with Crippen molar-refractivity contribution in [3.8, 4) is 5.69 Å². The first-order valence-electron chi connectivity index (χ1n) is 7.89. The number of aromatic nitrogens is 2. The third-order valence-electron chi connectivity index (χ3n) is 4.22. The molecule has 1 aliphatic heterocycles. The first kappa shape index (κ1) is 16.4. The number of thioether (sulfide) groups is 1. The van der Waals surface area contributed by atoms with Gasteiger partial charge in [0.25, 0.3) is 0 Å². The Morgan fingerprint density at radius 1 is 1.30 bits per heavy atom. The zero-order valence-electron chi connectivity index (χ0n) is 13.3. The van der Waals surface area contributed by atoms with Gasteiger partial charge in [0.05, 0.1) is 11.4 Å². The number of hydrogen-bond donors (Lipinski definition) is 1. The molecule has 23 heavy (non-hydrogen) atoms. The number of carbonyl (C=O) groups is 1. The van der Waals surface area contributed by atoms with Crippen LogP contribution >= 0.6 is 23.4 Å². The van der Waals surface area contributed by atoms with Crippen molar-refractivity contribution in [1.82, 2.24) is 9.78 Å². The van der Waals surface area contributed by atoms with E-state index in [1.54, 1.807) is 0 Å². The molecule has 0 radical (unpaired) electrons. The monoisotopic (exact) mass is 349 g/mol. The van der Waals surface area contributed by atoms with Crippen molar-refractivity contribution in [2.75, 3.05) is 5.32 Å². The molecule has 0 saturated heterocycles. The van der Waals surface area contributed by atoms with Crippen molar-refractivity contribution >= 4 is 35.1 Å². The molecule has 0 aliphatic carbocycles. The zero-order valence-corrected chi connectivity index (χ0v) is 14.9. The number of benzene rings is 1. The second-order valence-electron chi connectivity index (χ2n) is 5.66. The van der Waals surface area contributed by atoms with E-state index >= 15 is 0 Å². The summed E-state index contributed by atoms with van der Waals surface area (Å²) >= 11 is 7.80. The van der Waals surface area contributed by atoms with Gasteiger partial charge in [-0.1, -0.05) is 25.4 Å². The van der Waals surface area contributed by atoms with Crippen molar-refractivity contribution in [2.45, 2.75) is 38.2 Å². The SMILES string of the molecule is CCC(CC)C(=O)Nc1c2c(nn1-c1ccc(Cl)cc1)CSC2. The highest BCUT2D eigenvalue weighted by molar-refractivity contribution is 7.98. The number of nitrogens with one attached hydrogen (secondary N) is 1. The largest absolute Gasteiger partial charge is 0.310 e. The minimum atomic E-state index is 0.0354. The Hall–Kier alpha value is -1.46. The highest BCUT2D eigenvalue weighted by atomic mass is 35.5. The Kier molecular flexibility index (Phi) is 4.97. The van der Waals surface area contributed by atoms with Crippen molar-refractivity contribution < 1.29 is 4.79 Å². The Bertz CT molecular complexity index is 707. The van der Waals surface area contributed by atoms with Crippen molar-refractivity contribution in [3.63, 3.8) is 0 Å². The van der Waals surface area contributed by atoms with Gasteiger partial charge in [-0.3, -0.25) is 4.79 Å². The molecule has 4 nitrogen and oxygen atoms in total. The van der Waals surface area contributed by atoms with Gasteiger partial charge in [-0.15, -0.1) is 0 Å². The summed E-state index contributed by atoms with van der Waals surface area (Å²) in [6.07, 6.45) is 1.68. The maximum atomic E-state index is 12.5. The van der Waals surface area contributed by atoms with Crippen LogP contribution in [0.25, 0.3) is 5.69 Å². The van der Waals surface area contributed by atoms with Crippen molar-refractivity contribution in [1.29, 1.82) is 0 Å². The molecule has 122 valence electrons. The highest BCUT2D eigenvalue weighted by Gasteiger charge is 2.26. The quantitative estimate of drug-likeness (QED) is 0.854. The van der Waals surface area contributed by atoms with Gasteiger partial charge in [-0.25, -0.2) is 4.68 Å². The number of rotatable bonds is 5. The average Bonchev–Trinajstić information content (AvgIpc) is 3.12. The molecule has 0 spiro atoms. The summed E-state index contributed by atoms with van der Waals surface area (Å²) in [5, 5.41) is 8.50. The Labute approximate surface area is 145 Å². The summed E-state index contributed by atoms with van der Waals surface area (Å²) in [5.74, 6) is 2.70. The van der Waals surface area contributed by atoms with Gasteiger partial charge in [-0.05, 0) is 37.1 Å². The van der Waals surface area contributed by atoms with E-state index in [0.717, 1.165) is 47.1 Å². The van der Waals surface area contributed by atoms with E-state index in [1.807, 2.05) is 54.6 Å². The van der Waals surface area contributed by atoms with Gasteiger partial charge in [0, 0.05) is 28.0 Å². The summed E-state index contributed by atoms with van der Waals surface area (Å²) in [6, 6.07) is 7.52. The van der Waals surface area contributed by atoms with E-state index in [1.165, 1.54) is 0 Å². The van der Waals surface area contributed by atoms with Crippen LogP contribution in [-0.2, 0) is 16.3 Å². The summed E-state index contributed by atoms with van der Waals surface area (Å²) in [6.45, 7) is 4.09. The first-order valence-corrected chi connectivity index (χ1v) is 9.42. The molecular weight excluding hydrogens is 330 g/mol. The molecule has 1 aliphatic rings. The minimum absolute atomic E-state index is 0.0354. The number of carbonyl (C=O) groups excluding carboxylic acids is 1. The summed E-state index contributed by atoms with van der Waals surface area (Å²) in [7, 11) is 0. The van der Waals surface area contributed by atoms with Crippen LogP contribution in [0, 0.1) is 5.92 Å². The van der Waals surface area contributed by atoms with Gasteiger partial charge in [0.1, 0.15) is 5.82 Å². The van der Waals surface area contributed by atoms with Crippen LogP contribution in [0.4, 0.5) is 5.82 Å². The number of nitrogens with zero attached hydrogens (tertiary/aromatic N) is 2. The van der Waals surface area contributed by atoms with E-state index in [4.69, 9.17) is 16.7 Å². The molecule has 1 amide bonds. The zero-order chi connectivity index (χ0) is 16.4. The number of anilines is 1. The molecule has 0 unspecified atom stereocenters. The molecule has 1 N–H and O–H groups in total. The Balaban J connectivity index is 1.98. The lowest BCUT2D eigenvalue weighted by molar-refractivity contribution is -0.120. The van der Waals surface area contributed by atoms with Crippen LogP contribution in [0.15, 0.2) is 24.3 Å².